The lowest BCUT2D eigenvalue weighted by Gasteiger charge is -2.09. The van der Waals surface area contributed by atoms with E-state index in [-0.39, 0.29) is 12.2 Å². The fraction of sp³-hybridized carbons (Fsp3) is 0.625. The Balaban J connectivity index is 2.76. The van der Waals surface area contributed by atoms with E-state index in [9.17, 15) is 13.2 Å². The van der Waals surface area contributed by atoms with Crippen molar-refractivity contribution >= 4 is 16.1 Å². The normalized spacial score (nSPS) is 26.8. The smallest absolute Gasteiger partial charge is 0.156 e. The number of sulfone groups is 1. The first-order valence-electron chi connectivity index (χ1n) is 3.91. The minimum Gasteiger partial charge on any atom is -0.303 e. The maximum absolute atomic E-state index is 11.3. The van der Waals surface area contributed by atoms with Gasteiger partial charge in [0.1, 0.15) is 6.29 Å². The molecule has 0 spiro atoms. The summed E-state index contributed by atoms with van der Waals surface area (Å²) in [4.78, 5) is 10.1. The van der Waals surface area contributed by atoms with Gasteiger partial charge in [0.05, 0.1) is 11.0 Å². The Labute approximate surface area is 72.4 Å². The number of hydrogen-bond acceptors (Lipinski definition) is 3. The fourth-order valence-corrected chi connectivity index (χ4v) is 3.47. The van der Waals surface area contributed by atoms with Crippen molar-refractivity contribution in [2.45, 2.75) is 24.5 Å². The molecule has 4 heteroatoms. The van der Waals surface area contributed by atoms with Crippen LogP contribution >= 0.6 is 0 Å². The van der Waals surface area contributed by atoms with Gasteiger partial charge in [-0.1, -0.05) is 12.2 Å². The minimum atomic E-state index is -2.97. The molecule has 0 aromatic rings. The van der Waals surface area contributed by atoms with E-state index in [0.717, 1.165) is 0 Å². The molecule has 1 aliphatic rings. The molecule has 1 atom stereocenters. The summed E-state index contributed by atoms with van der Waals surface area (Å²) in [6.45, 7) is 3.61. The van der Waals surface area contributed by atoms with Gasteiger partial charge in [-0.3, -0.25) is 0 Å². The Hall–Kier alpha value is -0.640. The van der Waals surface area contributed by atoms with Crippen molar-refractivity contribution in [3.63, 3.8) is 0 Å². The zero-order valence-corrected chi connectivity index (χ0v) is 7.64. The largest absolute Gasteiger partial charge is 0.303 e. The first-order valence-corrected chi connectivity index (χ1v) is 5.62. The minimum absolute atomic E-state index is 0.171. The number of carbonyl (C=O) groups is 1. The molecule has 0 aromatic heterocycles. The van der Waals surface area contributed by atoms with E-state index in [2.05, 4.69) is 6.58 Å². The lowest BCUT2D eigenvalue weighted by Crippen LogP contribution is -2.18. The molecule has 1 saturated heterocycles. The summed E-state index contributed by atoms with van der Waals surface area (Å²) in [5.74, 6) is 0.246. The van der Waals surface area contributed by atoms with Crippen LogP contribution in [0, 0.1) is 0 Å². The van der Waals surface area contributed by atoms with Crippen LogP contribution in [0.3, 0.4) is 0 Å². The average molecular weight is 188 g/mol. The quantitative estimate of drug-likeness (QED) is 0.484. The lowest BCUT2D eigenvalue weighted by atomic mass is 10.1. The second-order valence-electron chi connectivity index (χ2n) is 3.03. The molecule has 0 aromatic carbocycles. The average Bonchev–Trinajstić information content (AvgIpc) is 2.30. The fourth-order valence-electron chi connectivity index (χ4n) is 1.49. The highest BCUT2D eigenvalue weighted by atomic mass is 32.2. The van der Waals surface area contributed by atoms with Crippen LogP contribution in [-0.4, -0.2) is 25.7 Å². The second-order valence-corrected chi connectivity index (χ2v) is 5.33. The van der Waals surface area contributed by atoms with Crippen molar-refractivity contribution in [2.24, 2.45) is 0 Å². The van der Waals surface area contributed by atoms with Gasteiger partial charge >= 0.3 is 0 Å². The van der Waals surface area contributed by atoms with Crippen molar-refractivity contribution in [1.82, 2.24) is 0 Å². The molecule has 0 amide bonds. The summed E-state index contributed by atoms with van der Waals surface area (Å²) in [6, 6.07) is 0. The van der Waals surface area contributed by atoms with Gasteiger partial charge in [-0.25, -0.2) is 8.42 Å². The maximum atomic E-state index is 11.3. The van der Waals surface area contributed by atoms with E-state index >= 15 is 0 Å². The molecule has 1 unspecified atom stereocenters. The molecule has 1 fully saturated rings. The second kappa shape index (κ2) is 3.39. The van der Waals surface area contributed by atoms with Gasteiger partial charge in [0, 0.05) is 6.42 Å². The van der Waals surface area contributed by atoms with Gasteiger partial charge in [-0.2, -0.15) is 0 Å². The SMILES string of the molecule is C=C(CC=O)C1CCCS1(=O)=O. The van der Waals surface area contributed by atoms with E-state index in [1.54, 1.807) is 0 Å². The van der Waals surface area contributed by atoms with E-state index in [0.29, 0.717) is 24.7 Å². The van der Waals surface area contributed by atoms with E-state index < -0.39 is 15.1 Å². The van der Waals surface area contributed by atoms with Crippen molar-refractivity contribution in [2.75, 3.05) is 5.75 Å². The molecule has 68 valence electrons. The number of aldehydes is 1. The monoisotopic (exact) mass is 188 g/mol. The molecule has 0 saturated carbocycles. The predicted octanol–water partition coefficient (Wildman–Crippen LogP) is 0.709. The molecule has 0 aliphatic carbocycles. The third-order valence-electron chi connectivity index (χ3n) is 2.13. The first-order chi connectivity index (χ1) is 5.58. The molecule has 0 bridgehead atoms. The van der Waals surface area contributed by atoms with Gasteiger partial charge in [0.2, 0.25) is 0 Å². The van der Waals surface area contributed by atoms with Crippen LogP contribution < -0.4 is 0 Å². The van der Waals surface area contributed by atoms with Gasteiger partial charge in [-0.05, 0) is 12.8 Å². The van der Waals surface area contributed by atoms with Crippen molar-refractivity contribution in [1.29, 1.82) is 0 Å². The molecular weight excluding hydrogens is 176 g/mol. The Morgan fingerprint density at radius 2 is 2.25 bits per heavy atom. The third kappa shape index (κ3) is 1.75. The summed E-state index contributed by atoms with van der Waals surface area (Å²) in [7, 11) is -2.97. The molecule has 1 rings (SSSR count). The van der Waals surface area contributed by atoms with E-state index in [1.165, 1.54) is 0 Å². The van der Waals surface area contributed by atoms with Crippen molar-refractivity contribution in [3.05, 3.63) is 12.2 Å². The van der Waals surface area contributed by atoms with Crippen LogP contribution in [0.4, 0.5) is 0 Å². The van der Waals surface area contributed by atoms with Crippen LogP contribution in [0.15, 0.2) is 12.2 Å². The number of rotatable bonds is 3. The Morgan fingerprint density at radius 1 is 1.58 bits per heavy atom. The summed E-state index contributed by atoms with van der Waals surface area (Å²) in [6.07, 6.45) is 2.21. The van der Waals surface area contributed by atoms with Crippen LogP contribution in [0.2, 0.25) is 0 Å². The summed E-state index contributed by atoms with van der Waals surface area (Å²) in [5, 5.41) is -0.456. The Kier molecular flexibility index (Phi) is 2.67. The van der Waals surface area contributed by atoms with Crippen LogP contribution in [-0.2, 0) is 14.6 Å². The highest BCUT2D eigenvalue weighted by molar-refractivity contribution is 7.92. The highest BCUT2D eigenvalue weighted by Crippen LogP contribution is 2.26. The lowest BCUT2D eigenvalue weighted by molar-refractivity contribution is -0.107. The summed E-state index contributed by atoms with van der Waals surface area (Å²) < 4.78 is 22.6. The molecule has 0 N–H and O–H groups in total. The van der Waals surface area contributed by atoms with Gasteiger partial charge < -0.3 is 4.79 Å². The molecule has 1 aliphatic heterocycles. The van der Waals surface area contributed by atoms with Gasteiger partial charge in [0.25, 0.3) is 0 Å². The van der Waals surface area contributed by atoms with Crippen LogP contribution in [0.5, 0.6) is 0 Å². The number of carbonyl (C=O) groups excluding carboxylic acids is 1. The maximum Gasteiger partial charge on any atom is 0.156 e. The summed E-state index contributed by atoms with van der Waals surface area (Å²) >= 11 is 0. The highest BCUT2D eigenvalue weighted by Gasteiger charge is 2.32. The molecule has 0 radical (unpaired) electrons. The molecule has 12 heavy (non-hydrogen) atoms. The standard InChI is InChI=1S/C8H12O3S/c1-7(4-5-9)8-3-2-6-12(8,10)11/h5,8H,1-4,6H2. The van der Waals surface area contributed by atoms with Crippen LogP contribution in [0.1, 0.15) is 19.3 Å². The van der Waals surface area contributed by atoms with Crippen molar-refractivity contribution < 1.29 is 13.2 Å². The predicted molar refractivity (Wildman–Crippen MR) is 46.6 cm³/mol. The summed E-state index contributed by atoms with van der Waals surface area (Å²) in [5.41, 5.74) is 0.544. The van der Waals surface area contributed by atoms with E-state index in [1.807, 2.05) is 0 Å². The van der Waals surface area contributed by atoms with Gasteiger partial charge in [0.15, 0.2) is 9.84 Å². The van der Waals surface area contributed by atoms with Crippen molar-refractivity contribution in [3.8, 4) is 0 Å². The molecular formula is C8H12O3S. The van der Waals surface area contributed by atoms with E-state index in [4.69, 9.17) is 0 Å². The zero-order chi connectivity index (χ0) is 9.19. The molecule has 1 heterocycles. The van der Waals surface area contributed by atoms with Gasteiger partial charge in [-0.15, -0.1) is 0 Å². The Morgan fingerprint density at radius 3 is 2.67 bits per heavy atom. The zero-order valence-electron chi connectivity index (χ0n) is 6.82. The Bertz CT molecular complexity index is 289. The third-order valence-corrected chi connectivity index (χ3v) is 4.42. The number of hydrogen-bond donors (Lipinski definition) is 0. The topological polar surface area (TPSA) is 51.2 Å². The molecule has 3 nitrogen and oxygen atoms in total. The first kappa shape index (κ1) is 9.45. The van der Waals surface area contributed by atoms with Crippen LogP contribution in [0.25, 0.3) is 0 Å².